The van der Waals surface area contributed by atoms with E-state index in [-0.39, 0.29) is 37.7 Å². The molecule has 0 aliphatic rings. The summed E-state index contributed by atoms with van der Waals surface area (Å²) >= 11 is 0.540. The first-order valence-electron chi connectivity index (χ1n) is 12.6. The normalized spacial score (nSPS) is 12.2. The Morgan fingerprint density at radius 2 is 1.82 bits per heavy atom. The standard InChI is InChI=1S/C26H20F7N7O3S/c1-3-39-10(2)13(8-35-39)12-6-17(26(31,32)33)36-25-18(12)19(20(44-25)23(34)41)37-24(42)16-5-4-11(43-16)9-40-15(22(29)30)7-14(38-40)21(27)28/h4-8,21-22H,3,9H2,1-2H3,(H2,34,41)(H,37,42). The van der Waals surface area contributed by atoms with Gasteiger partial charge in [0.1, 0.15) is 32.5 Å². The zero-order valence-electron chi connectivity index (χ0n) is 22.5. The summed E-state index contributed by atoms with van der Waals surface area (Å²) in [7, 11) is 0. The average molecular weight is 644 g/mol. The van der Waals surface area contributed by atoms with Crippen LogP contribution in [-0.4, -0.2) is 36.4 Å². The van der Waals surface area contributed by atoms with Crippen LogP contribution < -0.4 is 11.1 Å². The topological polar surface area (TPSA) is 134 Å². The molecule has 0 bridgehead atoms. The molecule has 0 aromatic carbocycles. The lowest BCUT2D eigenvalue weighted by Crippen LogP contribution is -2.16. The molecule has 44 heavy (non-hydrogen) atoms. The Labute approximate surface area is 246 Å². The van der Waals surface area contributed by atoms with E-state index in [0.717, 1.165) is 12.1 Å². The molecule has 3 N–H and O–H groups in total. The number of amides is 2. The van der Waals surface area contributed by atoms with Gasteiger partial charge in [0.15, 0.2) is 5.76 Å². The molecule has 0 saturated carbocycles. The highest BCUT2D eigenvalue weighted by atomic mass is 32.1. The van der Waals surface area contributed by atoms with Crippen molar-refractivity contribution < 1.29 is 44.7 Å². The predicted octanol–water partition coefficient (Wildman–Crippen LogP) is 6.57. The molecule has 5 rings (SSSR count). The van der Waals surface area contributed by atoms with Crippen molar-refractivity contribution in [3.8, 4) is 11.1 Å². The number of nitrogens with zero attached hydrogens (tertiary/aromatic N) is 5. The van der Waals surface area contributed by atoms with Crippen LogP contribution >= 0.6 is 11.3 Å². The number of carbonyl (C=O) groups is 2. The second-order valence-corrected chi connectivity index (χ2v) is 10.3. The van der Waals surface area contributed by atoms with Crippen LogP contribution in [0.15, 0.2) is 34.9 Å². The first-order valence-corrected chi connectivity index (χ1v) is 13.4. The van der Waals surface area contributed by atoms with E-state index in [1.54, 1.807) is 18.5 Å². The minimum Gasteiger partial charge on any atom is -0.454 e. The molecule has 0 atom stereocenters. The van der Waals surface area contributed by atoms with E-state index in [9.17, 15) is 40.3 Å². The Balaban J connectivity index is 1.56. The summed E-state index contributed by atoms with van der Waals surface area (Å²) in [5.41, 5.74) is 3.15. The minimum absolute atomic E-state index is 0.00618. The van der Waals surface area contributed by atoms with E-state index in [2.05, 4.69) is 20.5 Å². The van der Waals surface area contributed by atoms with E-state index < -0.39 is 60.2 Å². The van der Waals surface area contributed by atoms with Crippen molar-refractivity contribution >= 4 is 39.1 Å². The van der Waals surface area contributed by atoms with E-state index in [0.29, 0.717) is 34.3 Å². The Kier molecular flexibility index (Phi) is 7.96. The number of nitrogens with two attached hydrogens (primary N) is 1. The van der Waals surface area contributed by atoms with Gasteiger partial charge in [-0.3, -0.25) is 19.0 Å². The smallest absolute Gasteiger partial charge is 0.433 e. The maximum atomic E-state index is 13.8. The van der Waals surface area contributed by atoms with Gasteiger partial charge >= 0.3 is 6.18 Å². The highest BCUT2D eigenvalue weighted by Gasteiger charge is 2.36. The molecule has 18 heteroatoms. The molecule has 232 valence electrons. The summed E-state index contributed by atoms with van der Waals surface area (Å²) in [6.45, 7) is 3.30. The number of nitrogens with one attached hydrogen (secondary N) is 1. The van der Waals surface area contributed by atoms with Crippen molar-refractivity contribution in [2.45, 2.75) is 46.0 Å². The van der Waals surface area contributed by atoms with Gasteiger partial charge < -0.3 is 15.5 Å². The molecule has 5 heterocycles. The lowest BCUT2D eigenvalue weighted by molar-refractivity contribution is -0.140. The molecule has 5 aromatic rings. The van der Waals surface area contributed by atoms with Gasteiger partial charge in [0, 0.05) is 23.2 Å². The molecule has 2 amide bonds. The number of furan rings is 1. The molecule has 0 aliphatic heterocycles. The number of aryl methyl sites for hydroxylation is 1. The van der Waals surface area contributed by atoms with E-state index >= 15 is 0 Å². The quantitative estimate of drug-likeness (QED) is 0.175. The average Bonchev–Trinajstić information content (AvgIpc) is 3.73. The lowest BCUT2D eigenvalue weighted by atomic mass is 10.0. The molecule has 0 saturated heterocycles. The van der Waals surface area contributed by atoms with Crippen molar-refractivity contribution in [1.82, 2.24) is 24.5 Å². The Morgan fingerprint density at radius 3 is 2.41 bits per heavy atom. The number of thiophene rings is 1. The SMILES string of the molecule is CCn1ncc(-c2cc(C(F)(F)F)nc3sc(C(N)=O)c(NC(=O)c4ccc(Cn5nc(C(F)F)cc5C(F)F)o4)c23)c1C. The van der Waals surface area contributed by atoms with Crippen LogP contribution in [-0.2, 0) is 19.3 Å². The third kappa shape index (κ3) is 5.63. The molecule has 0 radical (unpaired) electrons. The van der Waals surface area contributed by atoms with Crippen LogP contribution in [0.25, 0.3) is 21.3 Å². The van der Waals surface area contributed by atoms with Crippen molar-refractivity contribution in [2.75, 3.05) is 5.32 Å². The van der Waals surface area contributed by atoms with E-state index in [1.807, 2.05) is 0 Å². The number of hydrogen-bond donors (Lipinski definition) is 2. The maximum absolute atomic E-state index is 13.8. The van der Waals surface area contributed by atoms with Gasteiger partial charge in [-0.05, 0) is 43.7 Å². The van der Waals surface area contributed by atoms with Gasteiger partial charge in [-0.1, -0.05) is 0 Å². The van der Waals surface area contributed by atoms with E-state index in [4.69, 9.17) is 10.2 Å². The fraction of sp³-hybridized carbons (Fsp3) is 0.269. The Morgan fingerprint density at radius 1 is 1.09 bits per heavy atom. The number of halogens is 7. The highest BCUT2D eigenvalue weighted by Crippen LogP contribution is 2.44. The first kappa shape index (κ1) is 30.7. The summed E-state index contributed by atoms with van der Waals surface area (Å²) < 4.78 is 102. The molecule has 10 nitrogen and oxygen atoms in total. The van der Waals surface area contributed by atoms with Crippen LogP contribution in [0.5, 0.6) is 0 Å². The minimum atomic E-state index is -4.85. The zero-order valence-corrected chi connectivity index (χ0v) is 23.4. The molecule has 0 fully saturated rings. The monoisotopic (exact) mass is 643 g/mol. The molecule has 5 aromatic heterocycles. The van der Waals surface area contributed by atoms with Gasteiger partial charge in [-0.2, -0.15) is 23.4 Å². The summed E-state index contributed by atoms with van der Waals surface area (Å²) in [6, 6.07) is 3.71. The Bertz CT molecular complexity index is 1890. The lowest BCUT2D eigenvalue weighted by Gasteiger charge is -2.12. The maximum Gasteiger partial charge on any atom is 0.433 e. The van der Waals surface area contributed by atoms with Crippen LogP contribution in [0, 0.1) is 6.92 Å². The van der Waals surface area contributed by atoms with Crippen molar-refractivity contribution in [3.63, 3.8) is 0 Å². The number of aromatic nitrogens is 5. The van der Waals surface area contributed by atoms with Gasteiger partial charge in [-0.25, -0.2) is 22.5 Å². The third-order valence-corrected chi connectivity index (χ3v) is 7.67. The number of carbonyl (C=O) groups excluding carboxylic acids is 2. The van der Waals surface area contributed by atoms with Gasteiger partial charge in [0.25, 0.3) is 24.7 Å². The number of fused-ring (bicyclic) bond motifs is 1. The number of primary amides is 1. The second kappa shape index (κ2) is 11.4. The molecule has 0 aliphatic carbocycles. The largest absolute Gasteiger partial charge is 0.454 e. The zero-order chi connectivity index (χ0) is 32.1. The van der Waals surface area contributed by atoms with Crippen molar-refractivity contribution in [1.29, 1.82) is 0 Å². The van der Waals surface area contributed by atoms with Crippen molar-refractivity contribution in [3.05, 3.63) is 69.6 Å². The number of anilines is 1. The van der Waals surface area contributed by atoms with Crippen molar-refractivity contribution in [2.24, 2.45) is 5.73 Å². The number of pyridine rings is 1. The van der Waals surface area contributed by atoms with Crippen LogP contribution in [0.2, 0.25) is 0 Å². The number of rotatable bonds is 9. The summed E-state index contributed by atoms with van der Waals surface area (Å²) in [4.78, 5) is 28.8. The van der Waals surface area contributed by atoms with Gasteiger partial charge in [0.05, 0.1) is 18.4 Å². The van der Waals surface area contributed by atoms with Crippen LogP contribution in [0.4, 0.5) is 36.4 Å². The van der Waals surface area contributed by atoms with E-state index in [1.165, 1.54) is 12.3 Å². The fourth-order valence-electron chi connectivity index (χ4n) is 4.55. The molecule has 0 spiro atoms. The predicted molar refractivity (Wildman–Crippen MR) is 143 cm³/mol. The highest BCUT2D eigenvalue weighted by molar-refractivity contribution is 7.21. The number of alkyl halides is 7. The number of hydrogen-bond acceptors (Lipinski definition) is 7. The van der Waals surface area contributed by atoms with Crippen LogP contribution in [0.1, 0.15) is 68.5 Å². The third-order valence-electron chi connectivity index (χ3n) is 6.58. The molecule has 0 unspecified atom stereocenters. The Hall–Kier alpha value is -4.74. The van der Waals surface area contributed by atoms with Gasteiger partial charge in [0.2, 0.25) is 0 Å². The summed E-state index contributed by atoms with van der Waals surface area (Å²) in [5, 5.41) is 10.1. The molecular formula is C26H20F7N7O3S. The summed E-state index contributed by atoms with van der Waals surface area (Å²) in [5.74, 6) is -2.54. The first-order chi connectivity index (χ1) is 20.7. The fourth-order valence-corrected chi connectivity index (χ4v) is 5.55. The molecular weight excluding hydrogens is 623 g/mol. The van der Waals surface area contributed by atoms with Gasteiger partial charge in [-0.15, -0.1) is 11.3 Å². The summed E-state index contributed by atoms with van der Waals surface area (Å²) in [6.07, 6.45) is -9.72. The second-order valence-electron chi connectivity index (χ2n) is 9.34. The van der Waals surface area contributed by atoms with Crippen LogP contribution in [0.3, 0.4) is 0 Å².